The highest BCUT2D eigenvalue weighted by Crippen LogP contribution is 2.36. The summed E-state index contributed by atoms with van der Waals surface area (Å²) in [6.45, 7) is 11.3. The predicted octanol–water partition coefficient (Wildman–Crippen LogP) is 10.3. The lowest BCUT2D eigenvalue weighted by molar-refractivity contribution is 0.457. The van der Waals surface area contributed by atoms with Gasteiger partial charge in [0, 0.05) is 11.5 Å². The van der Waals surface area contributed by atoms with Gasteiger partial charge in [-0.1, -0.05) is 110 Å². The molecule has 2 aromatic rings. The molecule has 0 bridgehead atoms. The van der Waals surface area contributed by atoms with Gasteiger partial charge in [-0.2, -0.15) is 0 Å². The number of aryl methyl sites for hydroxylation is 4. The normalized spacial score (nSPS) is 12.3. The number of rotatable bonds is 18. The zero-order valence-electron chi connectivity index (χ0n) is 23.6. The summed E-state index contributed by atoms with van der Waals surface area (Å²) in [5, 5.41) is 11.4. The minimum Gasteiger partial charge on any atom is -0.507 e. The lowest BCUT2D eigenvalue weighted by Gasteiger charge is -2.20. The molecule has 0 spiro atoms. The third-order valence-electron chi connectivity index (χ3n) is 7.45. The van der Waals surface area contributed by atoms with Crippen LogP contribution >= 0.6 is 0 Å². The summed E-state index contributed by atoms with van der Waals surface area (Å²) in [4.78, 5) is 0. The lowest BCUT2D eigenvalue weighted by Crippen LogP contribution is -2.04. The molecule has 0 amide bonds. The van der Waals surface area contributed by atoms with Crippen molar-refractivity contribution in [3.05, 3.63) is 63.7 Å². The van der Waals surface area contributed by atoms with E-state index in [0.29, 0.717) is 5.75 Å². The smallest absolute Gasteiger partial charge is 0.122 e. The fourth-order valence-corrected chi connectivity index (χ4v) is 5.14. The van der Waals surface area contributed by atoms with Crippen molar-refractivity contribution in [3.63, 3.8) is 0 Å². The molecular weight excluding hydrogens is 424 g/mol. The summed E-state index contributed by atoms with van der Waals surface area (Å²) < 4.78 is 0. The average Bonchev–Trinajstić information content (AvgIpc) is 2.86. The summed E-state index contributed by atoms with van der Waals surface area (Å²) in [5.74, 6) is 0.687. The first-order valence-corrected chi connectivity index (χ1v) is 14.9. The van der Waals surface area contributed by atoms with E-state index in [1.807, 2.05) is 0 Å². The second kappa shape index (κ2) is 16.8. The van der Waals surface area contributed by atoms with Gasteiger partial charge in [-0.25, -0.2) is 0 Å². The van der Waals surface area contributed by atoms with Crippen LogP contribution in [0.15, 0.2) is 24.3 Å². The summed E-state index contributed by atoms with van der Waals surface area (Å²) >= 11 is 0. The Morgan fingerprint density at radius 1 is 0.629 bits per heavy atom. The SMILES string of the molecule is CCCCCc1[c]c(C(C)c2cc(CCCCC)cc(CCCCC)c2O)cc(CCCCC)c1. The van der Waals surface area contributed by atoms with E-state index in [4.69, 9.17) is 0 Å². The third-order valence-corrected chi connectivity index (χ3v) is 7.45. The predicted molar refractivity (Wildman–Crippen MR) is 154 cm³/mol. The van der Waals surface area contributed by atoms with E-state index < -0.39 is 0 Å². The fraction of sp³-hybridized carbons (Fsp3) is 0.647. The Morgan fingerprint density at radius 2 is 1.14 bits per heavy atom. The number of phenolic OH excluding ortho intramolecular Hbond substituents is 1. The van der Waals surface area contributed by atoms with Gasteiger partial charge in [0.15, 0.2) is 0 Å². The second-order valence-corrected chi connectivity index (χ2v) is 10.7. The molecule has 1 atom stereocenters. The number of aromatic hydroxyl groups is 1. The van der Waals surface area contributed by atoms with Crippen LogP contribution in [0.3, 0.4) is 0 Å². The lowest BCUT2D eigenvalue weighted by atomic mass is 9.85. The highest BCUT2D eigenvalue weighted by atomic mass is 16.3. The van der Waals surface area contributed by atoms with E-state index in [1.54, 1.807) is 0 Å². The van der Waals surface area contributed by atoms with Gasteiger partial charge in [0.05, 0.1) is 0 Å². The van der Waals surface area contributed by atoms with E-state index in [-0.39, 0.29) is 5.92 Å². The molecule has 0 saturated heterocycles. The van der Waals surface area contributed by atoms with Gasteiger partial charge >= 0.3 is 0 Å². The Hall–Kier alpha value is -1.76. The molecule has 1 nitrogen and oxygen atoms in total. The highest BCUT2D eigenvalue weighted by molar-refractivity contribution is 5.49. The Balaban J connectivity index is 2.40. The van der Waals surface area contributed by atoms with Crippen molar-refractivity contribution in [3.8, 4) is 5.75 Å². The average molecular weight is 478 g/mol. The first-order chi connectivity index (χ1) is 17.0. The van der Waals surface area contributed by atoms with Crippen molar-refractivity contribution in [2.24, 2.45) is 0 Å². The maximum absolute atomic E-state index is 11.4. The van der Waals surface area contributed by atoms with Crippen LogP contribution in [-0.2, 0) is 25.7 Å². The van der Waals surface area contributed by atoms with E-state index in [0.717, 1.165) is 43.2 Å². The molecule has 1 radical (unpaired) electrons. The molecule has 0 aromatic heterocycles. The molecule has 195 valence electrons. The highest BCUT2D eigenvalue weighted by Gasteiger charge is 2.19. The third kappa shape index (κ3) is 10.0. The largest absolute Gasteiger partial charge is 0.507 e. The molecule has 35 heavy (non-hydrogen) atoms. The second-order valence-electron chi connectivity index (χ2n) is 10.7. The molecule has 0 heterocycles. The van der Waals surface area contributed by atoms with Gasteiger partial charge < -0.3 is 5.11 Å². The topological polar surface area (TPSA) is 20.2 Å². The first-order valence-electron chi connectivity index (χ1n) is 14.9. The Kier molecular flexibility index (Phi) is 14.2. The minimum atomic E-state index is 0.155. The quantitative estimate of drug-likeness (QED) is 0.212. The molecule has 0 saturated carbocycles. The molecule has 0 fully saturated rings. The first kappa shape index (κ1) is 29.5. The van der Waals surface area contributed by atoms with Crippen molar-refractivity contribution in [1.29, 1.82) is 0 Å². The van der Waals surface area contributed by atoms with Gasteiger partial charge in [-0.05, 0) is 85.3 Å². The van der Waals surface area contributed by atoms with Crippen molar-refractivity contribution in [1.82, 2.24) is 0 Å². The fourth-order valence-electron chi connectivity index (χ4n) is 5.14. The maximum Gasteiger partial charge on any atom is 0.122 e. The van der Waals surface area contributed by atoms with Gasteiger partial charge in [0.25, 0.3) is 0 Å². The van der Waals surface area contributed by atoms with Gasteiger partial charge in [-0.3, -0.25) is 0 Å². The molecule has 0 aliphatic heterocycles. The van der Waals surface area contributed by atoms with Crippen LogP contribution in [0.5, 0.6) is 5.75 Å². The number of phenols is 1. The van der Waals surface area contributed by atoms with Gasteiger partial charge in [0.2, 0.25) is 0 Å². The number of hydrogen-bond donors (Lipinski definition) is 1. The summed E-state index contributed by atoms with van der Waals surface area (Å²) in [6, 6.07) is 13.2. The Morgan fingerprint density at radius 3 is 1.71 bits per heavy atom. The van der Waals surface area contributed by atoms with Gasteiger partial charge in [0.1, 0.15) is 5.75 Å². The molecule has 2 rings (SSSR count). The van der Waals surface area contributed by atoms with E-state index >= 15 is 0 Å². The molecule has 0 aliphatic carbocycles. The molecule has 1 heteroatoms. The van der Waals surface area contributed by atoms with Crippen LogP contribution in [0.1, 0.15) is 151 Å². The monoisotopic (exact) mass is 477 g/mol. The van der Waals surface area contributed by atoms with Crippen molar-refractivity contribution >= 4 is 0 Å². The molecule has 0 aliphatic rings. The zero-order valence-corrected chi connectivity index (χ0v) is 23.6. The van der Waals surface area contributed by atoms with Crippen molar-refractivity contribution in [2.45, 2.75) is 143 Å². The van der Waals surface area contributed by atoms with Crippen LogP contribution in [0.4, 0.5) is 0 Å². The summed E-state index contributed by atoms with van der Waals surface area (Å²) in [6.07, 6.45) is 19.2. The molecule has 1 unspecified atom stereocenters. The molecule has 2 aromatic carbocycles. The summed E-state index contributed by atoms with van der Waals surface area (Å²) in [5.41, 5.74) is 7.71. The van der Waals surface area contributed by atoms with Crippen LogP contribution in [0, 0.1) is 6.07 Å². The van der Waals surface area contributed by atoms with E-state index in [2.05, 4.69) is 65.0 Å². The van der Waals surface area contributed by atoms with E-state index in [1.165, 1.54) is 92.9 Å². The summed E-state index contributed by atoms with van der Waals surface area (Å²) in [7, 11) is 0. The molecule has 1 N–H and O–H groups in total. The minimum absolute atomic E-state index is 0.155. The zero-order chi connectivity index (χ0) is 25.5. The molecular formula is C34H53O. The maximum atomic E-state index is 11.4. The van der Waals surface area contributed by atoms with Crippen LogP contribution in [-0.4, -0.2) is 5.11 Å². The Labute approximate surface area is 217 Å². The van der Waals surface area contributed by atoms with Gasteiger partial charge in [-0.15, -0.1) is 0 Å². The van der Waals surface area contributed by atoms with Crippen molar-refractivity contribution < 1.29 is 5.11 Å². The number of hydrogen-bond acceptors (Lipinski definition) is 1. The standard InChI is InChI=1S/C34H53O/c1-6-10-14-18-28-22-29(19-15-11-7-2)25-32(24-28)27(5)33-26-30(20-16-12-8-3)23-31(34(33)35)21-17-13-9-4/h22-24,26-27,35H,6-21H2,1-5H3. The van der Waals surface area contributed by atoms with Crippen molar-refractivity contribution in [2.75, 3.05) is 0 Å². The van der Waals surface area contributed by atoms with Crippen LogP contribution in [0.25, 0.3) is 0 Å². The number of unbranched alkanes of at least 4 members (excludes halogenated alkanes) is 8. The van der Waals surface area contributed by atoms with Crippen LogP contribution < -0.4 is 0 Å². The Bertz CT molecular complexity index is 822. The van der Waals surface area contributed by atoms with E-state index in [9.17, 15) is 5.11 Å². The van der Waals surface area contributed by atoms with Crippen LogP contribution in [0.2, 0.25) is 0 Å². The number of benzene rings is 2.